The smallest absolute Gasteiger partial charge is 0.293 e. The molecule has 2 fully saturated rings. The quantitative estimate of drug-likeness (QED) is 0.717. The Morgan fingerprint density at radius 1 is 1.10 bits per heavy atom. The van der Waals surface area contributed by atoms with E-state index in [0.29, 0.717) is 6.54 Å². The van der Waals surface area contributed by atoms with Crippen LogP contribution in [0.2, 0.25) is 0 Å². The Balaban J connectivity index is 1.48. The highest BCUT2D eigenvalue weighted by Gasteiger charge is 2.34. The topological polar surface area (TPSA) is 69.7 Å². The van der Waals surface area contributed by atoms with Crippen LogP contribution >= 0.6 is 11.8 Å². The fourth-order valence-corrected chi connectivity index (χ4v) is 4.32. The lowest BCUT2D eigenvalue weighted by Gasteiger charge is -2.24. The summed E-state index contributed by atoms with van der Waals surface area (Å²) in [6.45, 7) is 2.51. The molecule has 3 rings (SSSR count). The van der Waals surface area contributed by atoms with E-state index in [9.17, 15) is 18.8 Å². The van der Waals surface area contributed by atoms with Crippen molar-refractivity contribution in [1.82, 2.24) is 15.1 Å². The maximum absolute atomic E-state index is 13.8. The van der Waals surface area contributed by atoms with Crippen molar-refractivity contribution in [3.05, 3.63) is 40.6 Å². The lowest BCUT2D eigenvalue weighted by molar-refractivity contribution is -0.124. The minimum absolute atomic E-state index is 0.0977. The maximum atomic E-state index is 13.8. The van der Waals surface area contributed by atoms with Crippen molar-refractivity contribution in [2.24, 2.45) is 0 Å². The molecule has 1 aromatic rings. The van der Waals surface area contributed by atoms with E-state index in [0.717, 1.165) is 42.6 Å². The van der Waals surface area contributed by atoms with Gasteiger partial charge in [0.15, 0.2) is 0 Å². The number of halogens is 1. The normalized spacial score (nSPS) is 20.0. The summed E-state index contributed by atoms with van der Waals surface area (Å²) in [4.78, 5) is 40.2. The van der Waals surface area contributed by atoms with E-state index < -0.39 is 17.0 Å². The third-order valence-electron chi connectivity index (χ3n) is 5.04. The minimum atomic E-state index is -0.457. The van der Waals surface area contributed by atoms with E-state index in [4.69, 9.17) is 0 Å². The molecular weight excluding hydrogens is 393 g/mol. The third kappa shape index (κ3) is 6.14. The lowest BCUT2D eigenvalue weighted by atomic mass is 10.1. The Morgan fingerprint density at radius 2 is 1.79 bits per heavy atom. The Hall–Kier alpha value is -2.19. The number of hydrogen-bond acceptors (Lipinski definition) is 5. The second-order valence-corrected chi connectivity index (χ2v) is 8.24. The molecular formula is C21H26FN3O3S. The van der Waals surface area contributed by atoms with Gasteiger partial charge in [0.25, 0.3) is 11.1 Å². The molecule has 156 valence electrons. The number of imide groups is 1. The third-order valence-corrected chi connectivity index (χ3v) is 5.95. The number of benzene rings is 1. The minimum Gasteiger partial charge on any atom is -0.353 e. The Kier molecular flexibility index (Phi) is 7.83. The van der Waals surface area contributed by atoms with E-state index in [1.54, 1.807) is 18.2 Å². The molecule has 2 saturated heterocycles. The molecule has 0 aliphatic carbocycles. The zero-order valence-corrected chi connectivity index (χ0v) is 17.2. The summed E-state index contributed by atoms with van der Waals surface area (Å²) in [6.07, 6.45) is 7.29. The Bertz CT molecular complexity index is 791. The molecule has 2 heterocycles. The molecule has 6 nitrogen and oxygen atoms in total. The summed E-state index contributed by atoms with van der Waals surface area (Å²) in [5.74, 6) is -1.00. The van der Waals surface area contributed by atoms with Crippen molar-refractivity contribution in [2.45, 2.75) is 32.1 Å². The standard InChI is InChI=1S/C21H26FN3O3S/c22-17-9-5-4-8-16(17)14-18-20(27)25(21(28)29-18)13-10-23-19(26)15-24-11-6-2-1-3-7-12-24/h4-5,8-9,14H,1-3,6-7,10-13,15H2,(H,23,26)/b18-14-. The first kappa shape index (κ1) is 21.5. The second kappa shape index (κ2) is 10.5. The molecule has 0 spiro atoms. The van der Waals surface area contributed by atoms with Gasteiger partial charge in [0.2, 0.25) is 5.91 Å². The summed E-state index contributed by atoms with van der Waals surface area (Å²) in [5, 5.41) is 2.39. The molecule has 29 heavy (non-hydrogen) atoms. The molecule has 2 aliphatic heterocycles. The van der Waals surface area contributed by atoms with Crippen molar-refractivity contribution in [2.75, 3.05) is 32.7 Å². The van der Waals surface area contributed by atoms with Gasteiger partial charge < -0.3 is 5.32 Å². The number of carbonyl (C=O) groups is 3. The number of carbonyl (C=O) groups excluding carboxylic acids is 3. The van der Waals surface area contributed by atoms with Crippen LogP contribution in [0.3, 0.4) is 0 Å². The summed E-state index contributed by atoms with van der Waals surface area (Å²) < 4.78 is 13.8. The fraction of sp³-hybridized carbons (Fsp3) is 0.476. The van der Waals surface area contributed by atoms with Crippen LogP contribution in [0.5, 0.6) is 0 Å². The summed E-state index contributed by atoms with van der Waals surface area (Å²) in [7, 11) is 0. The largest absolute Gasteiger partial charge is 0.353 e. The molecule has 0 bridgehead atoms. The van der Waals surface area contributed by atoms with Gasteiger partial charge >= 0.3 is 0 Å². The Labute approximate surface area is 174 Å². The van der Waals surface area contributed by atoms with Crippen molar-refractivity contribution < 1.29 is 18.8 Å². The van der Waals surface area contributed by atoms with Crippen molar-refractivity contribution in [1.29, 1.82) is 0 Å². The van der Waals surface area contributed by atoms with Gasteiger partial charge in [-0.05, 0) is 49.8 Å². The van der Waals surface area contributed by atoms with Crippen molar-refractivity contribution in [3.8, 4) is 0 Å². The van der Waals surface area contributed by atoms with Crippen LogP contribution in [0.15, 0.2) is 29.2 Å². The summed E-state index contributed by atoms with van der Waals surface area (Å²) in [6, 6.07) is 6.08. The fourth-order valence-electron chi connectivity index (χ4n) is 3.46. The average Bonchev–Trinajstić information content (AvgIpc) is 2.93. The molecule has 1 aromatic carbocycles. The predicted octanol–water partition coefficient (Wildman–Crippen LogP) is 3.24. The predicted molar refractivity (Wildman–Crippen MR) is 112 cm³/mol. The molecule has 0 aromatic heterocycles. The van der Waals surface area contributed by atoms with Gasteiger partial charge in [-0.25, -0.2) is 4.39 Å². The number of amides is 3. The molecule has 8 heteroatoms. The number of thioether (sulfide) groups is 1. The van der Waals surface area contributed by atoms with Crippen LogP contribution in [0, 0.1) is 5.82 Å². The number of nitrogens with one attached hydrogen (secondary N) is 1. The number of nitrogens with zero attached hydrogens (tertiary/aromatic N) is 2. The van der Waals surface area contributed by atoms with E-state index in [-0.39, 0.29) is 29.5 Å². The molecule has 0 radical (unpaired) electrons. The van der Waals surface area contributed by atoms with Gasteiger partial charge in [0.1, 0.15) is 5.82 Å². The maximum Gasteiger partial charge on any atom is 0.293 e. The Morgan fingerprint density at radius 3 is 2.52 bits per heavy atom. The van der Waals surface area contributed by atoms with Crippen LogP contribution < -0.4 is 5.32 Å². The van der Waals surface area contributed by atoms with E-state index in [2.05, 4.69) is 10.2 Å². The number of likely N-dealkylation sites (tertiary alicyclic amines) is 1. The first-order valence-corrected chi connectivity index (χ1v) is 10.9. The number of hydrogen-bond donors (Lipinski definition) is 1. The van der Waals surface area contributed by atoms with Gasteiger partial charge in [-0.2, -0.15) is 0 Å². The highest BCUT2D eigenvalue weighted by atomic mass is 32.2. The molecule has 0 unspecified atom stereocenters. The molecule has 0 atom stereocenters. The number of rotatable bonds is 6. The first-order chi connectivity index (χ1) is 14.0. The van der Waals surface area contributed by atoms with E-state index in [1.165, 1.54) is 31.4 Å². The second-order valence-electron chi connectivity index (χ2n) is 7.25. The summed E-state index contributed by atoms with van der Waals surface area (Å²) in [5.41, 5.74) is 0.263. The van der Waals surface area contributed by atoms with E-state index >= 15 is 0 Å². The molecule has 0 saturated carbocycles. The van der Waals surface area contributed by atoms with Crippen LogP contribution in [0.25, 0.3) is 6.08 Å². The zero-order chi connectivity index (χ0) is 20.6. The zero-order valence-electron chi connectivity index (χ0n) is 16.4. The molecule has 3 amide bonds. The molecule has 2 aliphatic rings. The SMILES string of the molecule is O=C(CN1CCCCCCC1)NCCN1C(=O)S/C(=C\c2ccccc2F)C1=O. The lowest BCUT2D eigenvalue weighted by Crippen LogP contribution is -2.42. The van der Waals surface area contributed by atoms with E-state index in [1.807, 2.05) is 0 Å². The van der Waals surface area contributed by atoms with Gasteiger partial charge in [0, 0.05) is 18.7 Å². The van der Waals surface area contributed by atoms with Crippen LogP contribution in [-0.2, 0) is 9.59 Å². The van der Waals surface area contributed by atoms with Gasteiger partial charge in [-0.1, -0.05) is 37.5 Å². The highest BCUT2D eigenvalue weighted by Crippen LogP contribution is 2.32. The van der Waals surface area contributed by atoms with Crippen LogP contribution in [0.4, 0.5) is 9.18 Å². The first-order valence-electron chi connectivity index (χ1n) is 10.0. The molecule has 1 N–H and O–H groups in total. The van der Waals surface area contributed by atoms with Gasteiger partial charge in [-0.15, -0.1) is 0 Å². The average molecular weight is 420 g/mol. The summed E-state index contributed by atoms with van der Waals surface area (Å²) >= 11 is 0.788. The van der Waals surface area contributed by atoms with Crippen LogP contribution in [-0.4, -0.2) is 59.6 Å². The van der Waals surface area contributed by atoms with Crippen molar-refractivity contribution >= 4 is 34.9 Å². The monoisotopic (exact) mass is 419 g/mol. The van der Waals surface area contributed by atoms with Crippen molar-refractivity contribution in [3.63, 3.8) is 0 Å². The van der Waals surface area contributed by atoms with Crippen LogP contribution in [0.1, 0.15) is 37.7 Å². The van der Waals surface area contributed by atoms with Gasteiger partial charge in [0.05, 0.1) is 11.4 Å². The highest BCUT2D eigenvalue weighted by molar-refractivity contribution is 8.18. The van der Waals surface area contributed by atoms with Gasteiger partial charge in [-0.3, -0.25) is 24.2 Å².